The number of esters is 1. The summed E-state index contributed by atoms with van der Waals surface area (Å²) in [6.45, 7) is 7.52. The van der Waals surface area contributed by atoms with E-state index >= 15 is 0 Å². The Balaban J connectivity index is 1.34. The zero-order valence-electron chi connectivity index (χ0n) is 23.8. The lowest BCUT2D eigenvalue weighted by Crippen LogP contribution is -2.54. The van der Waals surface area contributed by atoms with Gasteiger partial charge in [-0.15, -0.1) is 0 Å². The van der Waals surface area contributed by atoms with Crippen LogP contribution in [0.5, 0.6) is 0 Å². The molecular formula is C31H51NO6. The molecular weight excluding hydrogens is 482 g/mol. The molecule has 216 valence electrons. The van der Waals surface area contributed by atoms with Crippen LogP contribution < -0.4 is 5.73 Å². The quantitative estimate of drug-likeness (QED) is 0.218. The lowest BCUT2D eigenvalue weighted by Gasteiger charge is -2.61. The second kappa shape index (κ2) is 11.9. The van der Waals surface area contributed by atoms with E-state index in [-0.39, 0.29) is 18.9 Å². The van der Waals surface area contributed by atoms with Gasteiger partial charge in [0.25, 0.3) is 0 Å². The maximum Gasteiger partial charge on any atom is 0.323 e. The zero-order valence-corrected chi connectivity index (χ0v) is 23.8. The molecule has 0 bridgehead atoms. The fraction of sp³-hybridized carbons (Fsp3) is 0.903. The number of nitrogens with two attached hydrogens (primary N) is 1. The number of carboxylic acids is 2. The van der Waals surface area contributed by atoms with Gasteiger partial charge in [0, 0.05) is 12.8 Å². The van der Waals surface area contributed by atoms with Gasteiger partial charge in [-0.25, -0.2) is 0 Å². The van der Waals surface area contributed by atoms with Crippen LogP contribution in [-0.2, 0) is 19.1 Å². The molecule has 4 rings (SSSR count). The van der Waals surface area contributed by atoms with Crippen molar-refractivity contribution >= 4 is 17.9 Å². The molecule has 0 amide bonds. The number of rotatable bonds is 11. The molecule has 7 nitrogen and oxygen atoms in total. The summed E-state index contributed by atoms with van der Waals surface area (Å²) in [5.41, 5.74) is 6.62. The van der Waals surface area contributed by atoms with Crippen LogP contribution in [-0.4, -0.2) is 40.3 Å². The average Bonchev–Trinajstić information content (AvgIpc) is 3.22. The third kappa shape index (κ3) is 5.93. The van der Waals surface area contributed by atoms with E-state index in [1.165, 1.54) is 38.5 Å². The summed E-state index contributed by atoms with van der Waals surface area (Å²) in [7, 11) is 0. The Hall–Kier alpha value is -1.63. The molecule has 4 aliphatic rings. The minimum absolute atomic E-state index is 0.0975. The van der Waals surface area contributed by atoms with E-state index in [0.29, 0.717) is 29.1 Å². The third-order valence-corrected chi connectivity index (χ3v) is 11.9. The van der Waals surface area contributed by atoms with Crippen LogP contribution in [0.25, 0.3) is 0 Å². The van der Waals surface area contributed by atoms with Gasteiger partial charge in [-0.2, -0.15) is 0 Å². The van der Waals surface area contributed by atoms with E-state index in [9.17, 15) is 14.4 Å². The SMILES string of the molecule is C[C@H](CCCCC(=O)O)C1CC[C@H]2[C@@H]3CC[C@@H]4C[C@H](OC(=O)[C@@H](N)CCC(=O)O)CC[C@]4(C)[C@H]3CC[C@]12C. The maximum absolute atomic E-state index is 12.5. The summed E-state index contributed by atoms with van der Waals surface area (Å²) in [5.74, 6) is 2.25. The molecule has 38 heavy (non-hydrogen) atoms. The summed E-state index contributed by atoms with van der Waals surface area (Å²) in [6, 6.07) is -0.860. The molecule has 0 aromatic carbocycles. The number of ether oxygens (including phenoxy) is 1. The maximum atomic E-state index is 12.5. The van der Waals surface area contributed by atoms with Gasteiger partial charge in [0.2, 0.25) is 0 Å². The van der Waals surface area contributed by atoms with Crippen molar-refractivity contribution < 1.29 is 29.3 Å². The number of hydrogen-bond donors (Lipinski definition) is 3. The Bertz CT molecular complexity index is 876. The molecule has 0 heterocycles. The predicted molar refractivity (Wildman–Crippen MR) is 145 cm³/mol. The lowest BCUT2D eigenvalue weighted by molar-refractivity contribution is -0.164. The summed E-state index contributed by atoms with van der Waals surface area (Å²) in [4.78, 5) is 34.2. The Morgan fingerprint density at radius 3 is 2.26 bits per heavy atom. The first kappa shape index (κ1) is 29.4. The highest BCUT2D eigenvalue weighted by atomic mass is 16.5. The van der Waals surface area contributed by atoms with Crippen molar-refractivity contribution in [3.63, 3.8) is 0 Å². The molecule has 1 unspecified atom stereocenters. The standard InChI is InChI=1S/C31H51NO6/c1-19(6-4-5-7-27(33)34)23-10-11-24-22-9-8-20-18-21(38-29(37)26(32)12-13-28(35)36)14-16-30(20,2)25(22)15-17-31(23,24)3/h19-26H,4-18,32H2,1-3H3,(H,33,34)(H,35,36)/t19-,20-,21-,22+,23?,24+,25+,26+,30+,31-/m1/s1. The normalized spacial score (nSPS) is 39.8. The van der Waals surface area contributed by atoms with Crippen molar-refractivity contribution in [3.8, 4) is 0 Å². The summed E-state index contributed by atoms with van der Waals surface area (Å²) in [6.07, 6.45) is 13.8. The van der Waals surface area contributed by atoms with Gasteiger partial charge < -0.3 is 20.7 Å². The fourth-order valence-electron chi connectivity index (χ4n) is 9.89. The first-order valence-electron chi connectivity index (χ1n) is 15.4. The Labute approximate surface area is 228 Å². The monoisotopic (exact) mass is 533 g/mol. The Kier molecular flexibility index (Phi) is 9.16. The van der Waals surface area contributed by atoms with Gasteiger partial charge in [0.1, 0.15) is 12.1 Å². The van der Waals surface area contributed by atoms with E-state index < -0.39 is 23.9 Å². The first-order valence-corrected chi connectivity index (χ1v) is 15.4. The van der Waals surface area contributed by atoms with Gasteiger partial charge in [-0.1, -0.05) is 33.6 Å². The highest BCUT2D eigenvalue weighted by Gasteiger charge is 2.60. The van der Waals surface area contributed by atoms with Gasteiger partial charge in [-0.3, -0.25) is 14.4 Å². The zero-order chi connectivity index (χ0) is 27.7. The highest BCUT2D eigenvalue weighted by molar-refractivity contribution is 5.76. The number of aliphatic carboxylic acids is 2. The van der Waals surface area contributed by atoms with Gasteiger partial charge >= 0.3 is 17.9 Å². The van der Waals surface area contributed by atoms with E-state index in [2.05, 4.69) is 20.8 Å². The van der Waals surface area contributed by atoms with Crippen molar-refractivity contribution in [2.24, 2.45) is 52.1 Å². The second-order valence-electron chi connectivity index (χ2n) is 13.9. The van der Waals surface area contributed by atoms with Crippen molar-refractivity contribution in [3.05, 3.63) is 0 Å². The van der Waals surface area contributed by atoms with Crippen molar-refractivity contribution in [2.75, 3.05) is 0 Å². The highest BCUT2D eigenvalue weighted by Crippen LogP contribution is 2.68. The molecule has 4 N–H and O–H groups in total. The molecule has 0 saturated heterocycles. The van der Waals surface area contributed by atoms with Gasteiger partial charge in [0.15, 0.2) is 0 Å². The van der Waals surface area contributed by atoms with Crippen molar-refractivity contribution in [2.45, 2.75) is 129 Å². The molecule has 4 fully saturated rings. The number of fused-ring (bicyclic) bond motifs is 5. The summed E-state index contributed by atoms with van der Waals surface area (Å²) >= 11 is 0. The average molecular weight is 534 g/mol. The number of carbonyl (C=O) groups is 3. The summed E-state index contributed by atoms with van der Waals surface area (Å²) < 4.78 is 5.81. The van der Waals surface area contributed by atoms with Crippen LogP contribution >= 0.6 is 0 Å². The van der Waals surface area contributed by atoms with Crippen molar-refractivity contribution in [1.29, 1.82) is 0 Å². The molecule has 0 aromatic rings. The Morgan fingerprint density at radius 2 is 1.55 bits per heavy atom. The van der Waals surface area contributed by atoms with Crippen LogP contribution in [0.2, 0.25) is 0 Å². The minimum Gasteiger partial charge on any atom is -0.481 e. The van der Waals surface area contributed by atoms with Crippen LogP contribution in [0, 0.1) is 46.3 Å². The van der Waals surface area contributed by atoms with Crippen LogP contribution in [0.3, 0.4) is 0 Å². The predicted octanol–water partition coefficient (Wildman–Crippen LogP) is 6.03. The fourth-order valence-corrected chi connectivity index (χ4v) is 9.89. The topological polar surface area (TPSA) is 127 Å². The first-order chi connectivity index (χ1) is 18.0. The molecule has 0 radical (unpaired) electrons. The molecule has 10 atom stereocenters. The molecule has 0 spiro atoms. The molecule has 0 aliphatic heterocycles. The number of carbonyl (C=O) groups excluding carboxylic acids is 1. The molecule has 4 aliphatic carbocycles. The third-order valence-electron chi connectivity index (χ3n) is 11.9. The van der Waals surface area contributed by atoms with Gasteiger partial charge in [-0.05, 0) is 117 Å². The summed E-state index contributed by atoms with van der Waals surface area (Å²) in [5, 5.41) is 17.8. The molecule has 4 saturated carbocycles. The second-order valence-corrected chi connectivity index (χ2v) is 13.9. The molecule has 7 heteroatoms. The Morgan fingerprint density at radius 1 is 0.868 bits per heavy atom. The number of unbranched alkanes of at least 4 members (excludes halogenated alkanes) is 1. The van der Waals surface area contributed by atoms with Crippen LogP contribution in [0.1, 0.15) is 117 Å². The van der Waals surface area contributed by atoms with Crippen molar-refractivity contribution in [1.82, 2.24) is 0 Å². The number of carboxylic acid groups (broad SMARTS) is 2. The van der Waals surface area contributed by atoms with Crippen LogP contribution in [0.15, 0.2) is 0 Å². The molecule has 0 aromatic heterocycles. The lowest BCUT2D eigenvalue weighted by atomic mass is 9.44. The van der Waals surface area contributed by atoms with E-state index in [1.54, 1.807) is 0 Å². The number of hydrogen-bond acceptors (Lipinski definition) is 5. The van der Waals surface area contributed by atoms with Gasteiger partial charge in [0.05, 0.1) is 0 Å². The van der Waals surface area contributed by atoms with E-state index in [4.69, 9.17) is 20.7 Å². The minimum atomic E-state index is -0.944. The van der Waals surface area contributed by atoms with Crippen LogP contribution in [0.4, 0.5) is 0 Å². The smallest absolute Gasteiger partial charge is 0.323 e. The largest absolute Gasteiger partial charge is 0.481 e. The van der Waals surface area contributed by atoms with E-state index in [0.717, 1.165) is 62.2 Å². The van der Waals surface area contributed by atoms with E-state index in [1.807, 2.05) is 0 Å².